The number of carbonyl (C=O) groups excluding carboxylic acids is 2. The topological polar surface area (TPSA) is 62.3 Å². The van der Waals surface area contributed by atoms with Crippen LogP contribution in [0.15, 0.2) is 48.8 Å². The van der Waals surface area contributed by atoms with E-state index in [9.17, 15) is 9.59 Å². The Morgan fingerprint density at radius 3 is 2.23 bits per heavy atom. The molecule has 30 heavy (non-hydrogen) atoms. The van der Waals surface area contributed by atoms with Crippen molar-refractivity contribution in [3.8, 4) is 11.1 Å². The molecule has 1 aromatic carbocycles. The van der Waals surface area contributed by atoms with Gasteiger partial charge in [-0.25, -0.2) is 0 Å². The minimum absolute atomic E-state index is 0.124. The Bertz CT molecular complexity index is 867. The van der Waals surface area contributed by atoms with Crippen LogP contribution in [0.2, 0.25) is 0 Å². The van der Waals surface area contributed by atoms with Crippen molar-refractivity contribution in [2.45, 2.75) is 45.4 Å². The average Bonchev–Trinajstić information content (AvgIpc) is 2.74. The lowest BCUT2D eigenvalue weighted by Gasteiger charge is -2.42. The predicted octanol–water partition coefficient (Wildman–Crippen LogP) is 3.84. The van der Waals surface area contributed by atoms with E-state index in [4.69, 9.17) is 0 Å². The molecule has 2 amide bonds. The lowest BCUT2D eigenvalue weighted by atomic mass is 9.72. The van der Waals surface area contributed by atoms with Gasteiger partial charge in [0.1, 0.15) is 0 Å². The van der Waals surface area contributed by atoms with Crippen LogP contribution >= 0.6 is 0 Å². The first kappa shape index (κ1) is 20.6. The molecular weight excluding hydrogens is 374 g/mol. The maximum Gasteiger partial charge on any atom is 0.226 e. The Morgan fingerprint density at radius 2 is 1.67 bits per heavy atom. The van der Waals surface area contributed by atoms with E-state index in [1.807, 2.05) is 24.0 Å². The van der Waals surface area contributed by atoms with Gasteiger partial charge >= 0.3 is 0 Å². The molecule has 5 nitrogen and oxygen atoms in total. The van der Waals surface area contributed by atoms with Crippen molar-refractivity contribution in [3.63, 3.8) is 0 Å². The summed E-state index contributed by atoms with van der Waals surface area (Å²) in [6.07, 6.45) is 8.98. The Balaban J connectivity index is 1.47. The molecule has 0 unspecified atom stereocenters. The number of piperidine rings is 1. The highest BCUT2D eigenvalue weighted by molar-refractivity contribution is 5.84. The predicted molar refractivity (Wildman–Crippen MR) is 118 cm³/mol. The molecule has 158 valence electrons. The second-order valence-corrected chi connectivity index (χ2v) is 8.70. The van der Waals surface area contributed by atoms with E-state index >= 15 is 0 Å². The van der Waals surface area contributed by atoms with Gasteiger partial charge in [0.15, 0.2) is 0 Å². The van der Waals surface area contributed by atoms with Crippen LogP contribution < -0.4 is 5.32 Å². The van der Waals surface area contributed by atoms with E-state index in [2.05, 4.69) is 34.6 Å². The van der Waals surface area contributed by atoms with Crippen LogP contribution in [0.25, 0.3) is 11.1 Å². The first-order valence-electron chi connectivity index (χ1n) is 11.2. The number of hydrogen-bond donors (Lipinski definition) is 1. The largest absolute Gasteiger partial charge is 0.356 e. The number of aromatic nitrogens is 1. The standard InChI is InChI=1S/C25H31N3O2/c1-2-27-24(30)25(12-16-28(17-13-25)23(29)22-4-3-5-22)18-19-6-8-20(9-7-19)21-10-14-26-15-11-21/h6-11,14-15,22H,2-5,12-13,16-18H2,1H3,(H,27,30). The van der Waals surface area contributed by atoms with E-state index in [0.717, 1.165) is 42.4 Å². The lowest BCUT2D eigenvalue weighted by Crippen LogP contribution is -2.52. The van der Waals surface area contributed by atoms with Crippen molar-refractivity contribution < 1.29 is 9.59 Å². The monoisotopic (exact) mass is 405 g/mol. The zero-order chi connectivity index (χ0) is 21.0. The number of nitrogens with zero attached hydrogens (tertiary/aromatic N) is 2. The smallest absolute Gasteiger partial charge is 0.226 e. The first-order valence-corrected chi connectivity index (χ1v) is 11.2. The zero-order valence-corrected chi connectivity index (χ0v) is 17.8. The molecule has 1 aromatic heterocycles. The van der Waals surface area contributed by atoms with E-state index in [-0.39, 0.29) is 11.8 Å². The van der Waals surface area contributed by atoms with Crippen LogP contribution in [-0.2, 0) is 16.0 Å². The van der Waals surface area contributed by atoms with Crippen molar-refractivity contribution in [1.82, 2.24) is 15.2 Å². The van der Waals surface area contributed by atoms with Crippen LogP contribution in [-0.4, -0.2) is 41.3 Å². The molecular formula is C25H31N3O2. The molecule has 2 fully saturated rings. The van der Waals surface area contributed by atoms with Gasteiger partial charge in [-0.05, 0) is 67.9 Å². The maximum absolute atomic E-state index is 13.1. The summed E-state index contributed by atoms with van der Waals surface area (Å²) >= 11 is 0. The third-order valence-corrected chi connectivity index (χ3v) is 6.82. The third kappa shape index (κ3) is 4.25. The van der Waals surface area contributed by atoms with E-state index in [0.29, 0.717) is 32.0 Å². The van der Waals surface area contributed by atoms with Crippen molar-refractivity contribution >= 4 is 11.8 Å². The summed E-state index contributed by atoms with van der Waals surface area (Å²) in [5.74, 6) is 0.647. The number of likely N-dealkylation sites (tertiary alicyclic amines) is 1. The molecule has 0 atom stereocenters. The molecule has 2 aliphatic rings. The Morgan fingerprint density at radius 1 is 1.03 bits per heavy atom. The van der Waals surface area contributed by atoms with Gasteiger partial charge in [-0.2, -0.15) is 0 Å². The first-order chi connectivity index (χ1) is 14.6. The summed E-state index contributed by atoms with van der Waals surface area (Å²) in [6.45, 7) is 3.96. The summed E-state index contributed by atoms with van der Waals surface area (Å²) in [5.41, 5.74) is 3.01. The number of nitrogens with one attached hydrogen (secondary N) is 1. The maximum atomic E-state index is 13.1. The number of hydrogen-bond acceptors (Lipinski definition) is 3. The van der Waals surface area contributed by atoms with E-state index in [1.165, 1.54) is 6.42 Å². The molecule has 0 radical (unpaired) electrons. The van der Waals surface area contributed by atoms with Crippen LogP contribution in [0, 0.1) is 11.3 Å². The average molecular weight is 406 g/mol. The fourth-order valence-electron chi connectivity index (χ4n) is 4.65. The number of pyridine rings is 1. The van der Waals surface area contributed by atoms with Crippen LogP contribution in [0.3, 0.4) is 0 Å². The van der Waals surface area contributed by atoms with Crippen molar-refractivity contribution in [3.05, 3.63) is 54.4 Å². The van der Waals surface area contributed by atoms with Gasteiger partial charge in [0.2, 0.25) is 11.8 Å². The summed E-state index contributed by atoms with van der Waals surface area (Å²) in [7, 11) is 0. The SMILES string of the molecule is CCNC(=O)C1(Cc2ccc(-c3ccncc3)cc2)CCN(C(=O)C2CCC2)CC1. The van der Waals surface area contributed by atoms with E-state index in [1.54, 1.807) is 12.4 Å². The van der Waals surface area contributed by atoms with Crippen molar-refractivity contribution in [1.29, 1.82) is 0 Å². The molecule has 2 heterocycles. The molecule has 1 N–H and O–H groups in total. The van der Waals surface area contributed by atoms with Crippen molar-refractivity contribution in [2.24, 2.45) is 11.3 Å². The summed E-state index contributed by atoms with van der Waals surface area (Å²) < 4.78 is 0. The summed E-state index contributed by atoms with van der Waals surface area (Å²) in [6, 6.07) is 12.5. The lowest BCUT2D eigenvalue weighted by molar-refractivity contribution is -0.144. The summed E-state index contributed by atoms with van der Waals surface area (Å²) in [4.78, 5) is 31.8. The number of amides is 2. The van der Waals surface area contributed by atoms with E-state index < -0.39 is 5.41 Å². The Labute approximate surface area is 178 Å². The molecule has 4 rings (SSSR count). The third-order valence-electron chi connectivity index (χ3n) is 6.82. The Kier molecular flexibility index (Phi) is 6.16. The quantitative estimate of drug-likeness (QED) is 0.794. The minimum atomic E-state index is -0.440. The Hall–Kier alpha value is -2.69. The highest BCUT2D eigenvalue weighted by Crippen LogP contribution is 2.38. The van der Waals surface area contributed by atoms with Crippen LogP contribution in [0.1, 0.15) is 44.6 Å². The van der Waals surface area contributed by atoms with Gasteiger partial charge in [-0.15, -0.1) is 0 Å². The highest BCUT2D eigenvalue weighted by atomic mass is 16.2. The normalized spacial score (nSPS) is 18.5. The molecule has 0 bridgehead atoms. The van der Waals surface area contributed by atoms with Gasteiger partial charge in [-0.1, -0.05) is 30.7 Å². The van der Waals surface area contributed by atoms with Gasteiger partial charge in [0.05, 0.1) is 5.41 Å². The highest BCUT2D eigenvalue weighted by Gasteiger charge is 2.43. The molecule has 1 aliphatic heterocycles. The molecule has 1 aliphatic carbocycles. The van der Waals surface area contributed by atoms with Crippen LogP contribution in [0.4, 0.5) is 0 Å². The molecule has 0 spiro atoms. The minimum Gasteiger partial charge on any atom is -0.356 e. The van der Waals surface area contributed by atoms with Gasteiger partial charge in [0, 0.05) is 37.9 Å². The second-order valence-electron chi connectivity index (χ2n) is 8.70. The zero-order valence-electron chi connectivity index (χ0n) is 17.8. The van der Waals surface area contributed by atoms with Gasteiger partial charge < -0.3 is 10.2 Å². The molecule has 1 saturated heterocycles. The summed E-state index contributed by atoms with van der Waals surface area (Å²) in [5, 5.41) is 3.05. The van der Waals surface area contributed by atoms with Gasteiger partial charge in [0.25, 0.3) is 0 Å². The molecule has 2 aromatic rings. The van der Waals surface area contributed by atoms with Crippen LogP contribution in [0.5, 0.6) is 0 Å². The fourth-order valence-corrected chi connectivity index (χ4v) is 4.65. The molecule has 5 heteroatoms. The van der Waals surface area contributed by atoms with Crippen molar-refractivity contribution in [2.75, 3.05) is 19.6 Å². The second kappa shape index (κ2) is 8.99. The molecule has 1 saturated carbocycles. The van der Waals surface area contributed by atoms with Gasteiger partial charge in [-0.3, -0.25) is 14.6 Å². The number of benzene rings is 1. The fraction of sp³-hybridized carbons (Fsp3) is 0.480. The number of rotatable bonds is 6. The number of carbonyl (C=O) groups is 2.